The zero-order valence-corrected chi connectivity index (χ0v) is 19.5. The Kier molecular flexibility index (Phi) is 9.86. The number of benzene rings is 1. The molecule has 3 rings (SSSR count). The van der Waals surface area contributed by atoms with Gasteiger partial charge in [-0.15, -0.1) is 24.0 Å². The number of nitrogens with one attached hydrogen (secondary N) is 1. The summed E-state index contributed by atoms with van der Waals surface area (Å²) in [5.74, 6) is 1.43. The van der Waals surface area contributed by atoms with E-state index in [0.29, 0.717) is 6.54 Å². The fourth-order valence-electron chi connectivity index (χ4n) is 2.82. The highest BCUT2D eigenvalue weighted by Gasteiger charge is 2.21. The van der Waals surface area contributed by atoms with Crippen LogP contribution in [0.2, 0.25) is 0 Å². The molecule has 1 aromatic heterocycles. The lowest BCUT2D eigenvalue weighted by atomic mass is 10.3. The summed E-state index contributed by atoms with van der Waals surface area (Å²) in [4.78, 5) is 6.81. The molecule has 0 saturated heterocycles. The van der Waals surface area contributed by atoms with Crippen molar-refractivity contribution in [2.45, 2.75) is 26.2 Å². The van der Waals surface area contributed by atoms with Crippen molar-refractivity contribution in [1.29, 1.82) is 0 Å². The topological polar surface area (TPSA) is 54.7 Å². The van der Waals surface area contributed by atoms with Crippen LogP contribution in [0.25, 0.3) is 5.69 Å². The van der Waals surface area contributed by atoms with Gasteiger partial charge in [-0.25, -0.2) is 9.07 Å². The number of likely N-dealkylation sites (N-methyl/N-ethyl adjacent to an activating group) is 1. The van der Waals surface area contributed by atoms with Crippen molar-refractivity contribution in [1.82, 2.24) is 20.0 Å². The molecule has 160 valence electrons. The summed E-state index contributed by atoms with van der Waals surface area (Å²) in [5.41, 5.74) is 1.80. The van der Waals surface area contributed by atoms with Gasteiger partial charge in [0, 0.05) is 45.9 Å². The summed E-state index contributed by atoms with van der Waals surface area (Å²) in [6.45, 7) is 5.97. The van der Waals surface area contributed by atoms with Crippen LogP contribution in [0.15, 0.2) is 41.5 Å². The molecule has 1 aromatic carbocycles. The van der Waals surface area contributed by atoms with Gasteiger partial charge in [0.2, 0.25) is 0 Å². The van der Waals surface area contributed by atoms with Crippen LogP contribution in [0.4, 0.5) is 4.39 Å². The lowest BCUT2D eigenvalue weighted by molar-refractivity contribution is 0.115. The van der Waals surface area contributed by atoms with Gasteiger partial charge in [0.1, 0.15) is 5.82 Å². The van der Waals surface area contributed by atoms with E-state index < -0.39 is 0 Å². The Morgan fingerprint density at radius 3 is 2.76 bits per heavy atom. The summed E-state index contributed by atoms with van der Waals surface area (Å²) in [6.07, 6.45) is 5.27. The lowest BCUT2D eigenvalue weighted by Crippen LogP contribution is -2.40. The summed E-state index contributed by atoms with van der Waals surface area (Å²) < 4.78 is 20.5. The molecule has 6 nitrogen and oxygen atoms in total. The lowest BCUT2D eigenvalue weighted by Gasteiger charge is -2.22. The summed E-state index contributed by atoms with van der Waals surface area (Å²) in [6, 6.07) is 8.28. The second-order valence-electron chi connectivity index (χ2n) is 7.15. The summed E-state index contributed by atoms with van der Waals surface area (Å²) in [7, 11) is 2.03. The molecule has 8 heteroatoms. The normalized spacial score (nSPS) is 13.8. The maximum absolute atomic E-state index is 13.1. The minimum atomic E-state index is -0.247. The second kappa shape index (κ2) is 12.1. The molecule has 1 aliphatic rings. The van der Waals surface area contributed by atoms with E-state index in [1.165, 1.54) is 25.0 Å². The number of guanidine groups is 1. The van der Waals surface area contributed by atoms with Gasteiger partial charge in [-0.2, -0.15) is 5.10 Å². The highest BCUT2D eigenvalue weighted by Crippen LogP contribution is 2.28. The van der Waals surface area contributed by atoms with E-state index in [-0.39, 0.29) is 29.8 Å². The Morgan fingerprint density at radius 2 is 2.07 bits per heavy atom. The van der Waals surface area contributed by atoms with Crippen LogP contribution in [-0.2, 0) is 11.2 Å². The number of hydrogen-bond acceptors (Lipinski definition) is 3. The first-order valence-corrected chi connectivity index (χ1v) is 10.0. The molecule has 0 amide bonds. The Bertz CT molecular complexity index is 761. The first-order chi connectivity index (χ1) is 13.7. The summed E-state index contributed by atoms with van der Waals surface area (Å²) in [5, 5.41) is 7.88. The molecule has 0 radical (unpaired) electrons. The summed E-state index contributed by atoms with van der Waals surface area (Å²) >= 11 is 0. The van der Waals surface area contributed by atoms with Gasteiger partial charge in [-0.05, 0) is 56.0 Å². The highest BCUT2D eigenvalue weighted by molar-refractivity contribution is 14.0. The van der Waals surface area contributed by atoms with Gasteiger partial charge >= 0.3 is 0 Å². The van der Waals surface area contributed by atoms with Gasteiger partial charge in [0.15, 0.2) is 5.96 Å². The molecule has 1 heterocycles. The van der Waals surface area contributed by atoms with Crippen molar-refractivity contribution in [3.8, 4) is 5.69 Å². The maximum atomic E-state index is 13.1. The molecule has 0 aliphatic heterocycles. The van der Waals surface area contributed by atoms with E-state index >= 15 is 0 Å². The van der Waals surface area contributed by atoms with Crippen LogP contribution in [0.1, 0.15) is 25.5 Å². The molecule has 2 aromatic rings. The largest absolute Gasteiger partial charge is 0.379 e. The van der Waals surface area contributed by atoms with Crippen LogP contribution in [0.5, 0.6) is 0 Å². The van der Waals surface area contributed by atoms with Crippen LogP contribution < -0.4 is 5.32 Å². The Morgan fingerprint density at radius 1 is 1.31 bits per heavy atom. The van der Waals surface area contributed by atoms with Crippen molar-refractivity contribution in [2.75, 3.05) is 39.9 Å². The third-order valence-electron chi connectivity index (χ3n) is 4.68. The fraction of sp³-hybridized carbons (Fsp3) is 0.524. The number of hydrogen-bond donors (Lipinski definition) is 1. The zero-order valence-electron chi connectivity index (χ0n) is 17.2. The van der Waals surface area contributed by atoms with E-state index in [4.69, 9.17) is 9.73 Å². The van der Waals surface area contributed by atoms with E-state index in [1.807, 2.05) is 19.3 Å². The van der Waals surface area contributed by atoms with Crippen molar-refractivity contribution in [3.05, 3.63) is 48.0 Å². The molecule has 0 bridgehead atoms. The third kappa shape index (κ3) is 7.93. The van der Waals surface area contributed by atoms with E-state index in [2.05, 4.69) is 22.2 Å². The average molecular weight is 515 g/mol. The number of aliphatic imine (C=N–C) groups is 1. The SMILES string of the molecule is CCNC(=NCCc1ccn(-c2ccc(F)cc2)n1)N(C)CCOCC1CC1.I. The predicted octanol–water partition coefficient (Wildman–Crippen LogP) is 3.50. The minimum absolute atomic E-state index is 0. The highest BCUT2D eigenvalue weighted by atomic mass is 127. The van der Waals surface area contributed by atoms with Crippen LogP contribution in [0, 0.1) is 11.7 Å². The molecule has 0 atom stereocenters. The quantitative estimate of drug-likeness (QED) is 0.228. The van der Waals surface area contributed by atoms with Gasteiger partial charge in [-0.3, -0.25) is 4.99 Å². The predicted molar refractivity (Wildman–Crippen MR) is 125 cm³/mol. The zero-order chi connectivity index (χ0) is 19.8. The third-order valence-corrected chi connectivity index (χ3v) is 4.68. The number of aromatic nitrogens is 2. The van der Waals surface area contributed by atoms with E-state index in [0.717, 1.165) is 56.0 Å². The standard InChI is InChI=1S/C21H30FN5O.HI/c1-3-23-21(26(2)14-15-28-16-17-4-5-17)24-12-10-19-11-13-27(25-19)20-8-6-18(22)7-9-20;/h6-9,11,13,17H,3-5,10,12,14-16H2,1-2H3,(H,23,24);1H. The van der Waals surface area contributed by atoms with Crippen molar-refractivity contribution < 1.29 is 9.13 Å². The fourth-order valence-corrected chi connectivity index (χ4v) is 2.82. The number of ether oxygens (including phenoxy) is 1. The Hall–Kier alpha value is -1.68. The van der Waals surface area contributed by atoms with Crippen molar-refractivity contribution in [3.63, 3.8) is 0 Å². The van der Waals surface area contributed by atoms with Crippen molar-refractivity contribution in [2.24, 2.45) is 10.9 Å². The Labute approximate surface area is 189 Å². The van der Waals surface area contributed by atoms with Crippen LogP contribution >= 0.6 is 24.0 Å². The molecule has 1 N–H and O–H groups in total. The van der Waals surface area contributed by atoms with Crippen LogP contribution in [0.3, 0.4) is 0 Å². The first kappa shape index (κ1) is 23.6. The number of nitrogens with zero attached hydrogens (tertiary/aromatic N) is 4. The molecule has 0 spiro atoms. The number of rotatable bonds is 10. The second-order valence-corrected chi connectivity index (χ2v) is 7.15. The van der Waals surface area contributed by atoms with Gasteiger partial charge in [0.25, 0.3) is 0 Å². The van der Waals surface area contributed by atoms with Crippen LogP contribution in [-0.4, -0.2) is 60.5 Å². The van der Waals surface area contributed by atoms with Gasteiger partial charge in [0.05, 0.1) is 18.0 Å². The van der Waals surface area contributed by atoms with E-state index in [9.17, 15) is 4.39 Å². The maximum Gasteiger partial charge on any atom is 0.193 e. The molecular formula is C21H31FIN5O. The molecule has 1 aliphatic carbocycles. The average Bonchev–Trinajstić information content (AvgIpc) is 3.41. The van der Waals surface area contributed by atoms with Crippen molar-refractivity contribution >= 4 is 29.9 Å². The molecule has 1 saturated carbocycles. The first-order valence-electron chi connectivity index (χ1n) is 10.0. The van der Waals surface area contributed by atoms with Gasteiger partial charge < -0.3 is 15.0 Å². The van der Waals surface area contributed by atoms with Gasteiger partial charge in [-0.1, -0.05) is 0 Å². The minimum Gasteiger partial charge on any atom is -0.379 e. The smallest absolute Gasteiger partial charge is 0.193 e. The molecular weight excluding hydrogens is 484 g/mol. The Balaban J connectivity index is 0.00000300. The molecule has 0 unspecified atom stereocenters. The molecule has 1 fully saturated rings. The number of halogens is 2. The monoisotopic (exact) mass is 515 g/mol. The van der Waals surface area contributed by atoms with E-state index in [1.54, 1.807) is 16.8 Å². The molecule has 29 heavy (non-hydrogen) atoms.